The number of halogens is 1. The Morgan fingerprint density at radius 1 is 1.47 bits per heavy atom. The SMILES string of the molecule is CCCCNC(=O)Oc1ccccc1F. The minimum absolute atomic E-state index is 0.0495. The summed E-state index contributed by atoms with van der Waals surface area (Å²) in [4.78, 5) is 11.1. The molecule has 0 saturated carbocycles. The molecule has 0 aromatic heterocycles. The number of carbonyl (C=O) groups is 1. The number of unbranched alkanes of at least 4 members (excludes halogenated alkanes) is 1. The van der Waals surface area contributed by atoms with Crippen molar-refractivity contribution in [3.63, 3.8) is 0 Å². The summed E-state index contributed by atoms with van der Waals surface area (Å²) in [6.45, 7) is 2.56. The van der Waals surface area contributed by atoms with E-state index in [2.05, 4.69) is 5.32 Å². The second-order valence-electron chi connectivity index (χ2n) is 3.10. The highest BCUT2D eigenvalue weighted by molar-refractivity contribution is 5.70. The van der Waals surface area contributed by atoms with Gasteiger partial charge in [-0.2, -0.15) is 0 Å². The Balaban J connectivity index is 2.41. The molecule has 0 saturated heterocycles. The van der Waals surface area contributed by atoms with E-state index in [-0.39, 0.29) is 5.75 Å². The molecule has 0 heterocycles. The van der Waals surface area contributed by atoms with Crippen molar-refractivity contribution in [2.75, 3.05) is 6.54 Å². The van der Waals surface area contributed by atoms with Gasteiger partial charge in [-0.15, -0.1) is 0 Å². The summed E-state index contributed by atoms with van der Waals surface area (Å²) in [5.74, 6) is -0.588. The Hall–Kier alpha value is -1.58. The van der Waals surface area contributed by atoms with Crippen molar-refractivity contribution < 1.29 is 13.9 Å². The summed E-state index contributed by atoms with van der Waals surface area (Å²) < 4.78 is 17.8. The summed E-state index contributed by atoms with van der Waals surface area (Å²) in [6, 6.07) is 5.80. The van der Waals surface area contributed by atoms with E-state index >= 15 is 0 Å². The standard InChI is InChI=1S/C11H14FNO2/c1-2-3-8-13-11(14)15-10-7-5-4-6-9(10)12/h4-7H,2-3,8H2,1H3,(H,13,14). The molecule has 0 bridgehead atoms. The van der Waals surface area contributed by atoms with Gasteiger partial charge in [-0.25, -0.2) is 9.18 Å². The second kappa shape index (κ2) is 6.01. The molecular weight excluding hydrogens is 197 g/mol. The molecule has 0 spiro atoms. The van der Waals surface area contributed by atoms with Gasteiger partial charge in [-0.05, 0) is 18.6 Å². The zero-order valence-corrected chi connectivity index (χ0v) is 8.63. The number of nitrogens with one attached hydrogen (secondary N) is 1. The highest BCUT2D eigenvalue weighted by atomic mass is 19.1. The smallest absolute Gasteiger partial charge is 0.407 e. The van der Waals surface area contributed by atoms with Crippen LogP contribution in [0.25, 0.3) is 0 Å². The minimum Gasteiger partial charge on any atom is -0.407 e. The third-order valence-corrected chi connectivity index (χ3v) is 1.84. The Morgan fingerprint density at radius 2 is 2.20 bits per heavy atom. The first-order valence-electron chi connectivity index (χ1n) is 4.94. The molecular formula is C11H14FNO2. The fourth-order valence-corrected chi connectivity index (χ4v) is 1.03. The molecule has 1 rings (SSSR count). The Bertz CT molecular complexity index is 328. The molecule has 0 aliphatic rings. The number of amides is 1. The normalized spacial score (nSPS) is 9.73. The van der Waals surface area contributed by atoms with Gasteiger partial charge in [0, 0.05) is 6.54 Å². The number of hydrogen-bond donors (Lipinski definition) is 1. The van der Waals surface area contributed by atoms with Gasteiger partial charge in [0.1, 0.15) is 0 Å². The van der Waals surface area contributed by atoms with Crippen molar-refractivity contribution in [3.05, 3.63) is 30.1 Å². The van der Waals surface area contributed by atoms with Crippen molar-refractivity contribution in [1.82, 2.24) is 5.32 Å². The van der Waals surface area contributed by atoms with Crippen LogP contribution < -0.4 is 10.1 Å². The number of carbonyl (C=O) groups excluding carboxylic acids is 1. The number of benzene rings is 1. The maximum absolute atomic E-state index is 13.0. The molecule has 0 aliphatic heterocycles. The van der Waals surface area contributed by atoms with E-state index in [4.69, 9.17) is 4.74 Å². The van der Waals surface area contributed by atoms with Gasteiger partial charge in [-0.1, -0.05) is 25.5 Å². The topological polar surface area (TPSA) is 38.3 Å². The molecule has 0 fully saturated rings. The van der Waals surface area contributed by atoms with Gasteiger partial charge in [0.05, 0.1) is 0 Å². The van der Waals surface area contributed by atoms with E-state index in [9.17, 15) is 9.18 Å². The van der Waals surface area contributed by atoms with Crippen LogP contribution in [0.2, 0.25) is 0 Å². The van der Waals surface area contributed by atoms with Crippen LogP contribution in [0.15, 0.2) is 24.3 Å². The van der Waals surface area contributed by atoms with Gasteiger partial charge < -0.3 is 10.1 Å². The van der Waals surface area contributed by atoms with E-state index in [1.165, 1.54) is 18.2 Å². The summed E-state index contributed by atoms with van der Waals surface area (Å²) in [6.07, 6.45) is 1.25. The van der Waals surface area contributed by atoms with Crippen molar-refractivity contribution in [2.24, 2.45) is 0 Å². The van der Waals surface area contributed by atoms with E-state index in [1.807, 2.05) is 6.92 Å². The maximum atomic E-state index is 13.0. The molecule has 3 nitrogen and oxygen atoms in total. The molecule has 1 N–H and O–H groups in total. The van der Waals surface area contributed by atoms with Crippen LogP contribution in [0.1, 0.15) is 19.8 Å². The lowest BCUT2D eigenvalue weighted by atomic mass is 10.3. The number of ether oxygens (including phenoxy) is 1. The minimum atomic E-state index is -0.617. The van der Waals surface area contributed by atoms with E-state index in [0.29, 0.717) is 6.54 Å². The second-order valence-corrected chi connectivity index (χ2v) is 3.10. The first kappa shape index (κ1) is 11.5. The van der Waals surface area contributed by atoms with E-state index < -0.39 is 11.9 Å². The van der Waals surface area contributed by atoms with Gasteiger partial charge >= 0.3 is 6.09 Å². The van der Waals surface area contributed by atoms with Crippen LogP contribution in [-0.2, 0) is 0 Å². The predicted octanol–water partition coefficient (Wildman–Crippen LogP) is 2.71. The zero-order valence-electron chi connectivity index (χ0n) is 8.63. The van der Waals surface area contributed by atoms with Crippen molar-refractivity contribution >= 4 is 6.09 Å². The Morgan fingerprint density at radius 3 is 2.87 bits per heavy atom. The van der Waals surface area contributed by atoms with Crippen LogP contribution in [0.4, 0.5) is 9.18 Å². The van der Waals surface area contributed by atoms with Crippen LogP contribution in [0, 0.1) is 5.82 Å². The largest absolute Gasteiger partial charge is 0.412 e. The van der Waals surface area contributed by atoms with Gasteiger partial charge in [0.2, 0.25) is 0 Å². The quantitative estimate of drug-likeness (QED) is 0.777. The monoisotopic (exact) mass is 211 g/mol. The Labute approximate surface area is 88.2 Å². The lowest BCUT2D eigenvalue weighted by molar-refractivity contribution is 0.198. The lowest BCUT2D eigenvalue weighted by Crippen LogP contribution is -2.27. The highest BCUT2D eigenvalue weighted by Crippen LogP contribution is 2.15. The average Bonchev–Trinajstić information content (AvgIpc) is 2.22. The predicted molar refractivity (Wildman–Crippen MR) is 55.3 cm³/mol. The third kappa shape index (κ3) is 3.97. The lowest BCUT2D eigenvalue weighted by Gasteiger charge is -2.06. The van der Waals surface area contributed by atoms with E-state index in [0.717, 1.165) is 12.8 Å². The van der Waals surface area contributed by atoms with Gasteiger partial charge in [0.15, 0.2) is 11.6 Å². The number of hydrogen-bond acceptors (Lipinski definition) is 2. The summed E-state index contributed by atoms with van der Waals surface area (Å²) in [5.41, 5.74) is 0. The van der Waals surface area contributed by atoms with Crippen LogP contribution in [-0.4, -0.2) is 12.6 Å². The average molecular weight is 211 g/mol. The fraction of sp³-hybridized carbons (Fsp3) is 0.364. The maximum Gasteiger partial charge on any atom is 0.412 e. The molecule has 1 aromatic carbocycles. The van der Waals surface area contributed by atoms with Crippen molar-refractivity contribution in [3.8, 4) is 5.75 Å². The first-order chi connectivity index (χ1) is 7.24. The molecule has 4 heteroatoms. The van der Waals surface area contributed by atoms with Crippen LogP contribution in [0.3, 0.4) is 0 Å². The van der Waals surface area contributed by atoms with Crippen LogP contribution >= 0.6 is 0 Å². The summed E-state index contributed by atoms with van der Waals surface area (Å²) >= 11 is 0. The zero-order chi connectivity index (χ0) is 11.1. The molecule has 82 valence electrons. The number of rotatable bonds is 4. The summed E-state index contributed by atoms with van der Waals surface area (Å²) in [5, 5.41) is 2.53. The molecule has 15 heavy (non-hydrogen) atoms. The van der Waals surface area contributed by atoms with E-state index in [1.54, 1.807) is 6.07 Å². The fourth-order valence-electron chi connectivity index (χ4n) is 1.03. The number of para-hydroxylation sites is 1. The highest BCUT2D eigenvalue weighted by Gasteiger charge is 2.06. The molecule has 1 amide bonds. The molecule has 0 atom stereocenters. The first-order valence-corrected chi connectivity index (χ1v) is 4.94. The Kier molecular flexibility index (Phi) is 4.60. The third-order valence-electron chi connectivity index (χ3n) is 1.84. The molecule has 0 aliphatic carbocycles. The van der Waals surface area contributed by atoms with Crippen LogP contribution in [0.5, 0.6) is 5.75 Å². The van der Waals surface area contributed by atoms with Crippen molar-refractivity contribution in [2.45, 2.75) is 19.8 Å². The molecule has 1 aromatic rings. The molecule has 0 radical (unpaired) electrons. The van der Waals surface area contributed by atoms with Crippen molar-refractivity contribution in [1.29, 1.82) is 0 Å². The summed E-state index contributed by atoms with van der Waals surface area (Å²) in [7, 11) is 0. The molecule has 0 unspecified atom stereocenters. The van der Waals surface area contributed by atoms with Gasteiger partial charge in [0.25, 0.3) is 0 Å². The van der Waals surface area contributed by atoms with Gasteiger partial charge in [-0.3, -0.25) is 0 Å².